The number of nitrogens with one attached hydrogen (secondary N) is 1. The van der Waals surface area contributed by atoms with Crippen LogP contribution in [0.2, 0.25) is 0 Å². The van der Waals surface area contributed by atoms with Crippen molar-refractivity contribution in [2.75, 3.05) is 24.5 Å². The van der Waals surface area contributed by atoms with Crippen molar-refractivity contribution in [2.24, 2.45) is 5.92 Å². The Balaban J connectivity index is 1.55. The zero-order chi connectivity index (χ0) is 14.4. The molecule has 1 aliphatic carbocycles. The number of rotatable bonds is 2. The fraction of sp³-hybridized carbons (Fsp3) is 0.600. The van der Waals surface area contributed by atoms with E-state index in [0.29, 0.717) is 6.04 Å². The van der Waals surface area contributed by atoms with Crippen molar-refractivity contribution < 1.29 is 18.3 Å². The minimum Gasteiger partial charge on any atom is -0.395 e. The van der Waals surface area contributed by atoms with Gasteiger partial charge in [0, 0.05) is 30.9 Å². The summed E-state index contributed by atoms with van der Waals surface area (Å²) in [4.78, 5) is 2.25. The number of hydrogen-bond donors (Lipinski definition) is 1. The van der Waals surface area contributed by atoms with Crippen LogP contribution in [0.4, 0.5) is 14.5 Å². The van der Waals surface area contributed by atoms with Gasteiger partial charge in [0.15, 0.2) is 11.5 Å². The second-order valence-corrected chi connectivity index (χ2v) is 6.00. The number of benzene rings is 1. The van der Waals surface area contributed by atoms with Crippen molar-refractivity contribution in [2.45, 2.75) is 31.6 Å². The Morgan fingerprint density at radius 3 is 2.81 bits per heavy atom. The summed E-state index contributed by atoms with van der Waals surface area (Å²) < 4.78 is 35.2. The van der Waals surface area contributed by atoms with Crippen LogP contribution in [0.1, 0.15) is 19.3 Å². The Labute approximate surface area is 122 Å². The smallest absolute Gasteiger partial charge is 0.395 e. The molecule has 114 valence electrons. The molecule has 0 aromatic heterocycles. The lowest BCUT2D eigenvalue weighted by molar-refractivity contribution is -0.286. The predicted octanol–water partition coefficient (Wildman–Crippen LogP) is 2.59. The third-order valence-electron chi connectivity index (χ3n) is 4.37. The molecule has 0 bridgehead atoms. The van der Waals surface area contributed by atoms with Crippen LogP contribution >= 0.6 is 0 Å². The van der Waals surface area contributed by atoms with Gasteiger partial charge in [-0.05, 0) is 43.9 Å². The number of anilines is 1. The maximum atomic E-state index is 13.1. The summed E-state index contributed by atoms with van der Waals surface area (Å²) in [6, 6.07) is 5.56. The summed E-state index contributed by atoms with van der Waals surface area (Å²) >= 11 is 0. The van der Waals surface area contributed by atoms with Gasteiger partial charge in [0.2, 0.25) is 0 Å². The molecule has 0 spiro atoms. The maximum Gasteiger partial charge on any atom is 0.586 e. The predicted molar refractivity (Wildman–Crippen MR) is 74.0 cm³/mol. The highest BCUT2D eigenvalue weighted by Crippen LogP contribution is 2.43. The molecule has 2 aliphatic heterocycles. The van der Waals surface area contributed by atoms with E-state index in [1.54, 1.807) is 12.1 Å². The Kier molecular flexibility index (Phi) is 2.96. The van der Waals surface area contributed by atoms with Crippen LogP contribution in [-0.4, -0.2) is 32.0 Å². The first-order valence-electron chi connectivity index (χ1n) is 7.49. The maximum absolute atomic E-state index is 13.1. The molecule has 1 atom stereocenters. The fourth-order valence-electron chi connectivity index (χ4n) is 3.13. The topological polar surface area (TPSA) is 33.7 Å². The first-order chi connectivity index (χ1) is 10.1. The van der Waals surface area contributed by atoms with Gasteiger partial charge < -0.3 is 19.7 Å². The first kappa shape index (κ1) is 13.1. The summed E-state index contributed by atoms with van der Waals surface area (Å²) in [5, 5.41) is 3.59. The first-order valence-corrected chi connectivity index (χ1v) is 7.49. The van der Waals surface area contributed by atoms with Gasteiger partial charge in [-0.15, -0.1) is 8.78 Å². The number of halogens is 2. The molecule has 1 aromatic carbocycles. The molecule has 1 N–H and O–H groups in total. The van der Waals surface area contributed by atoms with Crippen molar-refractivity contribution in [3.05, 3.63) is 18.2 Å². The van der Waals surface area contributed by atoms with Gasteiger partial charge in [-0.2, -0.15) is 0 Å². The highest BCUT2D eigenvalue weighted by molar-refractivity contribution is 5.57. The van der Waals surface area contributed by atoms with Gasteiger partial charge in [0.05, 0.1) is 0 Å². The van der Waals surface area contributed by atoms with Crippen LogP contribution in [0.15, 0.2) is 18.2 Å². The molecule has 0 amide bonds. The van der Waals surface area contributed by atoms with Gasteiger partial charge in [0.25, 0.3) is 0 Å². The average Bonchev–Trinajstić information content (AvgIpc) is 3.22. The van der Waals surface area contributed by atoms with E-state index in [-0.39, 0.29) is 11.5 Å². The second kappa shape index (κ2) is 4.73. The molecule has 0 radical (unpaired) electrons. The Morgan fingerprint density at radius 2 is 2.00 bits per heavy atom. The van der Waals surface area contributed by atoms with Crippen LogP contribution < -0.4 is 19.7 Å². The van der Waals surface area contributed by atoms with E-state index in [4.69, 9.17) is 0 Å². The molecular formula is C15H18F2N2O2. The van der Waals surface area contributed by atoms with E-state index < -0.39 is 6.29 Å². The molecule has 2 fully saturated rings. The van der Waals surface area contributed by atoms with E-state index in [0.717, 1.165) is 37.7 Å². The summed E-state index contributed by atoms with van der Waals surface area (Å²) in [7, 11) is 0. The molecule has 3 aliphatic rings. The molecule has 6 heteroatoms. The lowest BCUT2D eigenvalue weighted by Crippen LogP contribution is -2.39. The van der Waals surface area contributed by atoms with E-state index >= 15 is 0 Å². The fourth-order valence-corrected chi connectivity index (χ4v) is 3.13. The van der Waals surface area contributed by atoms with Crippen LogP contribution in [0.5, 0.6) is 11.5 Å². The van der Waals surface area contributed by atoms with Gasteiger partial charge in [-0.3, -0.25) is 0 Å². The van der Waals surface area contributed by atoms with Crippen molar-refractivity contribution in [3.63, 3.8) is 0 Å². The summed E-state index contributed by atoms with van der Waals surface area (Å²) in [5.74, 6) is 0.997. The quantitative estimate of drug-likeness (QED) is 0.909. The van der Waals surface area contributed by atoms with Crippen molar-refractivity contribution >= 4 is 5.69 Å². The summed E-state index contributed by atoms with van der Waals surface area (Å²) in [6.45, 7) is 2.85. The van der Waals surface area contributed by atoms with Crippen molar-refractivity contribution in [3.8, 4) is 11.5 Å². The lowest BCUT2D eigenvalue weighted by Gasteiger charge is -2.26. The van der Waals surface area contributed by atoms with Gasteiger partial charge in [-0.25, -0.2) is 0 Å². The normalized spacial score (nSPS) is 27.5. The Morgan fingerprint density at radius 1 is 1.19 bits per heavy atom. The number of fused-ring (bicyclic) bond motifs is 1. The van der Waals surface area contributed by atoms with Gasteiger partial charge >= 0.3 is 6.29 Å². The summed E-state index contributed by atoms with van der Waals surface area (Å²) in [6.07, 6.45) is 0.0867. The lowest BCUT2D eigenvalue weighted by atomic mass is 10.1. The molecule has 4 rings (SSSR count). The molecular weight excluding hydrogens is 278 g/mol. The van der Waals surface area contributed by atoms with E-state index in [1.165, 1.54) is 12.8 Å². The summed E-state index contributed by atoms with van der Waals surface area (Å²) in [5.41, 5.74) is 0.921. The van der Waals surface area contributed by atoms with Crippen LogP contribution in [-0.2, 0) is 0 Å². The third kappa shape index (κ3) is 2.64. The number of ether oxygens (including phenoxy) is 2. The highest BCUT2D eigenvalue weighted by atomic mass is 19.3. The number of alkyl halides is 2. The molecule has 21 heavy (non-hydrogen) atoms. The van der Waals surface area contributed by atoms with E-state index in [1.807, 2.05) is 6.07 Å². The molecule has 4 nitrogen and oxygen atoms in total. The molecule has 2 heterocycles. The van der Waals surface area contributed by atoms with Gasteiger partial charge in [-0.1, -0.05) is 0 Å². The third-order valence-corrected chi connectivity index (χ3v) is 4.37. The second-order valence-electron chi connectivity index (χ2n) is 6.00. The standard InChI is InChI=1S/C15H18F2N2O2/c16-15(17)20-13-5-4-11(8-14(13)21-15)19-7-1-6-18-12(9-19)10-2-3-10/h4-5,8,10,12,18H,1-3,6-7,9H2. The Hall–Kier alpha value is -1.56. The minimum absolute atomic E-state index is 0.107. The molecule has 1 saturated carbocycles. The van der Waals surface area contributed by atoms with Crippen LogP contribution in [0.3, 0.4) is 0 Å². The average molecular weight is 296 g/mol. The van der Waals surface area contributed by atoms with Crippen molar-refractivity contribution in [1.29, 1.82) is 0 Å². The molecule has 1 aromatic rings. The molecule has 1 saturated heterocycles. The van der Waals surface area contributed by atoms with Crippen LogP contribution in [0, 0.1) is 5.92 Å². The zero-order valence-corrected chi connectivity index (χ0v) is 11.6. The van der Waals surface area contributed by atoms with Crippen LogP contribution in [0.25, 0.3) is 0 Å². The minimum atomic E-state index is -3.54. The molecule has 1 unspecified atom stereocenters. The number of nitrogens with zero attached hydrogens (tertiary/aromatic N) is 1. The van der Waals surface area contributed by atoms with E-state index in [2.05, 4.69) is 19.7 Å². The number of hydrogen-bond acceptors (Lipinski definition) is 4. The van der Waals surface area contributed by atoms with Gasteiger partial charge in [0.1, 0.15) is 0 Å². The Bertz CT molecular complexity index is 548. The highest BCUT2D eigenvalue weighted by Gasteiger charge is 2.43. The monoisotopic (exact) mass is 296 g/mol. The SMILES string of the molecule is FC1(F)Oc2ccc(N3CCCNC(C4CC4)C3)cc2O1. The van der Waals surface area contributed by atoms with E-state index in [9.17, 15) is 8.78 Å². The largest absolute Gasteiger partial charge is 0.586 e. The zero-order valence-electron chi connectivity index (χ0n) is 11.6. The van der Waals surface area contributed by atoms with Crippen molar-refractivity contribution in [1.82, 2.24) is 5.32 Å².